The van der Waals surface area contributed by atoms with Gasteiger partial charge in [-0.15, -0.1) is 0 Å². The number of carbonyl (C=O) groups is 1. The molecule has 0 spiro atoms. The summed E-state index contributed by atoms with van der Waals surface area (Å²) in [5.74, 6) is 0.522. The van der Waals surface area contributed by atoms with Gasteiger partial charge in [-0.05, 0) is 13.0 Å². The molecule has 0 aromatic carbocycles. The van der Waals surface area contributed by atoms with Gasteiger partial charge in [0.25, 0.3) is 5.91 Å². The number of aryl methyl sites for hydroxylation is 1. The highest BCUT2D eigenvalue weighted by Crippen LogP contribution is 2.06. The zero-order chi connectivity index (χ0) is 11.5. The van der Waals surface area contributed by atoms with E-state index in [1.165, 1.54) is 0 Å². The summed E-state index contributed by atoms with van der Waals surface area (Å²) in [5, 5.41) is 6.82. The number of nitrogens with one attached hydrogen (secondary N) is 2. The van der Waals surface area contributed by atoms with E-state index >= 15 is 0 Å². The molecule has 0 radical (unpaired) electrons. The molecular weight excluding hydrogens is 206 g/mol. The van der Waals surface area contributed by atoms with Gasteiger partial charge in [0.2, 0.25) is 0 Å². The van der Waals surface area contributed by atoms with Gasteiger partial charge in [0.1, 0.15) is 11.5 Å². The fourth-order valence-corrected chi connectivity index (χ4v) is 1.39. The molecule has 6 nitrogen and oxygen atoms in total. The number of hydrogen-bond donors (Lipinski definition) is 2. The summed E-state index contributed by atoms with van der Waals surface area (Å²) in [4.78, 5) is 18.8. The molecule has 0 aliphatic carbocycles. The summed E-state index contributed by atoms with van der Waals surface area (Å²) in [7, 11) is 1.77. The van der Waals surface area contributed by atoms with Crippen LogP contribution in [0, 0.1) is 0 Å². The van der Waals surface area contributed by atoms with E-state index in [1.54, 1.807) is 36.4 Å². The highest BCUT2D eigenvalue weighted by Gasteiger charge is 2.14. The average Bonchev–Trinajstić information content (AvgIpc) is 2.87. The zero-order valence-electron chi connectivity index (χ0n) is 9.14. The Morgan fingerprint density at radius 2 is 2.44 bits per heavy atom. The van der Waals surface area contributed by atoms with Crippen molar-refractivity contribution in [2.75, 3.05) is 0 Å². The lowest BCUT2D eigenvalue weighted by atomic mass is 10.3. The molecule has 1 amide bonds. The third kappa shape index (κ3) is 2.10. The van der Waals surface area contributed by atoms with Gasteiger partial charge < -0.3 is 10.3 Å². The molecule has 0 fully saturated rings. The van der Waals surface area contributed by atoms with Crippen molar-refractivity contribution in [2.45, 2.75) is 13.0 Å². The first-order valence-electron chi connectivity index (χ1n) is 4.96. The second-order valence-electron chi connectivity index (χ2n) is 3.54. The molecule has 1 unspecified atom stereocenters. The van der Waals surface area contributed by atoms with E-state index in [-0.39, 0.29) is 11.9 Å². The first-order valence-corrected chi connectivity index (χ1v) is 4.96. The van der Waals surface area contributed by atoms with Crippen LogP contribution in [0.5, 0.6) is 0 Å². The van der Waals surface area contributed by atoms with E-state index in [0.29, 0.717) is 5.69 Å². The summed E-state index contributed by atoms with van der Waals surface area (Å²) in [6, 6.07) is 1.51. The van der Waals surface area contributed by atoms with Crippen LogP contribution >= 0.6 is 0 Å². The topological polar surface area (TPSA) is 75.6 Å². The minimum atomic E-state index is -0.204. The number of imidazole rings is 1. The molecule has 2 aromatic heterocycles. The predicted molar refractivity (Wildman–Crippen MR) is 57.7 cm³/mol. The molecule has 0 aliphatic heterocycles. The van der Waals surface area contributed by atoms with Crippen molar-refractivity contribution in [1.29, 1.82) is 0 Å². The molecule has 2 rings (SSSR count). The Balaban J connectivity index is 2.03. The fourth-order valence-electron chi connectivity index (χ4n) is 1.39. The maximum Gasteiger partial charge on any atom is 0.272 e. The number of aromatic nitrogens is 4. The van der Waals surface area contributed by atoms with Gasteiger partial charge in [-0.3, -0.25) is 9.48 Å². The van der Waals surface area contributed by atoms with Crippen molar-refractivity contribution in [2.24, 2.45) is 7.05 Å². The van der Waals surface area contributed by atoms with Crippen molar-refractivity contribution in [3.05, 3.63) is 36.2 Å². The van der Waals surface area contributed by atoms with Gasteiger partial charge in [-0.2, -0.15) is 5.10 Å². The van der Waals surface area contributed by atoms with E-state index in [9.17, 15) is 4.79 Å². The highest BCUT2D eigenvalue weighted by molar-refractivity contribution is 5.92. The first kappa shape index (κ1) is 10.4. The normalized spacial score (nSPS) is 12.4. The molecule has 2 aromatic rings. The van der Waals surface area contributed by atoms with Crippen LogP contribution in [0.1, 0.15) is 29.3 Å². The Hall–Kier alpha value is -2.11. The van der Waals surface area contributed by atoms with Gasteiger partial charge in [0.05, 0.1) is 6.04 Å². The summed E-state index contributed by atoms with van der Waals surface area (Å²) < 4.78 is 1.59. The summed E-state index contributed by atoms with van der Waals surface area (Å²) in [5.41, 5.74) is 0.404. The monoisotopic (exact) mass is 219 g/mol. The van der Waals surface area contributed by atoms with Gasteiger partial charge >= 0.3 is 0 Å². The number of carbonyl (C=O) groups excluding carboxylic acids is 1. The molecule has 1 atom stereocenters. The summed E-state index contributed by atoms with van der Waals surface area (Å²) >= 11 is 0. The lowest BCUT2D eigenvalue weighted by molar-refractivity contribution is 0.0932. The molecular formula is C10H13N5O. The number of hydrogen-bond acceptors (Lipinski definition) is 3. The average molecular weight is 219 g/mol. The second kappa shape index (κ2) is 4.18. The van der Waals surface area contributed by atoms with Crippen LogP contribution in [0.25, 0.3) is 0 Å². The first-order chi connectivity index (χ1) is 7.66. The van der Waals surface area contributed by atoms with E-state index in [4.69, 9.17) is 0 Å². The van der Waals surface area contributed by atoms with E-state index in [2.05, 4.69) is 20.4 Å². The minimum absolute atomic E-state index is 0.162. The van der Waals surface area contributed by atoms with Gasteiger partial charge in [-0.25, -0.2) is 4.98 Å². The van der Waals surface area contributed by atoms with Crippen LogP contribution < -0.4 is 5.32 Å². The van der Waals surface area contributed by atoms with Crippen LogP contribution in [0.15, 0.2) is 24.7 Å². The molecule has 0 saturated heterocycles. The van der Waals surface area contributed by atoms with Crippen LogP contribution in [-0.2, 0) is 7.05 Å². The number of nitrogens with zero attached hydrogens (tertiary/aromatic N) is 3. The van der Waals surface area contributed by atoms with Crippen molar-refractivity contribution in [3.8, 4) is 0 Å². The van der Waals surface area contributed by atoms with E-state index in [1.807, 2.05) is 6.92 Å². The molecule has 84 valence electrons. The van der Waals surface area contributed by atoms with Crippen molar-refractivity contribution >= 4 is 5.91 Å². The van der Waals surface area contributed by atoms with Crippen molar-refractivity contribution < 1.29 is 4.79 Å². The van der Waals surface area contributed by atoms with Crippen LogP contribution in [-0.4, -0.2) is 25.7 Å². The van der Waals surface area contributed by atoms with Crippen LogP contribution in [0.2, 0.25) is 0 Å². The van der Waals surface area contributed by atoms with E-state index < -0.39 is 0 Å². The zero-order valence-corrected chi connectivity index (χ0v) is 9.14. The van der Waals surface area contributed by atoms with Crippen LogP contribution in [0.4, 0.5) is 0 Å². The predicted octanol–water partition coefficient (Wildman–Crippen LogP) is 0.634. The quantitative estimate of drug-likeness (QED) is 0.795. The lowest BCUT2D eigenvalue weighted by Crippen LogP contribution is -2.27. The Morgan fingerprint density at radius 1 is 1.62 bits per heavy atom. The molecule has 16 heavy (non-hydrogen) atoms. The van der Waals surface area contributed by atoms with Crippen molar-refractivity contribution in [3.63, 3.8) is 0 Å². The Bertz CT molecular complexity index is 473. The standard InChI is InChI=1S/C10H13N5O/c1-7(9-11-4-5-12-9)13-10(16)8-3-6-15(2)14-8/h3-7H,1-2H3,(H,11,12)(H,13,16). The summed E-state index contributed by atoms with van der Waals surface area (Å²) in [6.07, 6.45) is 5.10. The third-order valence-electron chi connectivity index (χ3n) is 2.22. The second-order valence-corrected chi connectivity index (χ2v) is 3.54. The minimum Gasteiger partial charge on any atom is -0.347 e. The highest BCUT2D eigenvalue weighted by atomic mass is 16.2. The molecule has 0 bridgehead atoms. The SMILES string of the molecule is CC(NC(=O)c1ccn(C)n1)c1ncc[nH]1. The van der Waals surface area contributed by atoms with Crippen LogP contribution in [0.3, 0.4) is 0 Å². The number of rotatable bonds is 3. The number of amides is 1. The fraction of sp³-hybridized carbons (Fsp3) is 0.300. The van der Waals surface area contributed by atoms with Crippen molar-refractivity contribution in [1.82, 2.24) is 25.1 Å². The van der Waals surface area contributed by atoms with Gasteiger partial charge in [-0.1, -0.05) is 0 Å². The largest absolute Gasteiger partial charge is 0.347 e. The molecule has 0 aliphatic rings. The Kier molecular flexibility index (Phi) is 2.72. The Labute approximate surface area is 92.7 Å². The molecule has 2 N–H and O–H groups in total. The van der Waals surface area contributed by atoms with Gasteiger partial charge in [0, 0.05) is 25.6 Å². The summed E-state index contributed by atoms with van der Waals surface area (Å²) in [6.45, 7) is 1.86. The van der Waals surface area contributed by atoms with E-state index in [0.717, 1.165) is 5.82 Å². The molecule has 0 saturated carbocycles. The van der Waals surface area contributed by atoms with Gasteiger partial charge in [0.15, 0.2) is 0 Å². The lowest BCUT2D eigenvalue weighted by Gasteiger charge is -2.09. The number of aromatic amines is 1. The number of H-pyrrole nitrogens is 1. The molecule has 6 heteroatoms. The smallest absolute Gasteiger partial charge is 0.272 e. The maximum absolute atomic E-state index is 11.7. The molecule has 2 heterocycles. The Morgan fingerprint density at radius 3 is 3.00 bits per heavy atom. The third-order valence-corrected chi connectivity index (χ3v) is 2.22. The maximum atomic E-state index is 11.7.